The van der Waals surface area contributed by atoms with E-state index in [2.05, 4.69) is 11.6 Å². The van der Waals surface area contributed by atoms with Crippen molar-refractivity contribution in [1.82, 2.24) is 4.98 Å². The molecule has 1 aromatic heterocycles. The second kappa shape index (κ2) is 3.63. The molecular formula is C9H7FN2. The normalized spacial score (nSPS) is 9.00. The Bertz CT molecular complexity index is 339. The molecule has 0 N–H and O–H groups in total. The predicted octanol–water partition coefficient (Wildman–Crippen LogP) is 1.82. The first kappa shape index (κ1) is 8.41. The van der Waals surface area contributed by atoms with Gasteiger partial charge in [-0.05, 0) is 6.07 Å². The van der Waals surface area contributed by atoms with Crippen molar-refractivity contribution in [3.63, 3.8) is 0 Å². The number of nitrogens with zero attached hydrogens (tertiary/aromatic N) is 2. The Morgan fingerprint density at radius 2 is 2.50 bits per heavy atom. The van der Waals surface area contributed by atoms with E-state index in [9.17, 15) is 4.39 Å². The van der Waals surface area contributed by atoms with Gasteiger partial charge in [-0.25, -0.2) is 4.39 Å². The second-order valence-electron chi connectivity index (χ2n) is 2.22. The van der Waals surface area contributed by atoms with Crippen LogP contribution in [0.2, 0.25) is 0 Å². The van der Waals surface area contributed by atoms with Gasteiger partial charge in [0.15, 0.2) is 5.82 Å². The van der Waals surface area contributed by atoms with Crippen molar-refractivity contribution in [2.24, 2.45) is 0 Å². The third kappa shape index (κ3) is 1.48. The molecule has 0 aromatic carbocycles. The standard InChI is InChI=1S/C9H7FN2/c1-2-3-8-9(10)7(6-11)4-5-12-8/h2,4-5H,1,3H2. The summed E-state index contributed by atoms with van der Waals surface area (Å²) in [7, 11) is 0. The minimum absolute atomic E-state index is 0.0295. The highest BCUT2D eigenvalue weighted by Gasteiger charge is 2.06. The summed E-state index contributed by atoms with van der Waals surface area (Å²) in [6.45, 7) is 3.46. The topological polar surface area (TPSA) is 36.7 Å². The Balaban J connectivity index is 3.15. The molecule has 1 aromatic rings. The van der Waals surface area contributed by atoms with Crippen LogP contribution in [0.4, 0.5) is 4.39 Å². The van der Waals surface area contributed by atoms with Crippen molar-refractivity contribution < 1.29 is 4.39 Å². The minimum atomic E-state index is -0.542. The van der Waals surface area contributed by atoms with E-state index in [1.165, 1.54) is 12.3 Å². The van der Waals surface area contributed by atoms with Gasteiger partial charge in [0.05, 0.1) is 11.3 Å². The third-order valence-electron chi connectivity index (χ3n) is 1.42. The van der Waals surface area contributed by atoms with E-state index < -0.39 is 5.82 Å². The van der Waals surface area contributed by atoms with E-state index in [1.54, 1.807) is 12.1 Å². The van der Waals surface area contributed by atoms with Gasteiger partial charge in [0.1, 0.15) is 6.07 Å². The number of hydrogen-bond donors (Lipinski definition) is 0. The molecule has 12 heavy (non-hydrogen) atoms. The maximum Gasteiger partial charge on any atom is 0.162 e. The van der Waals surface area contributed by atoms with Crippen LogP contribution in [0, 0.1) is 17.1 Å². The fraction of sp³-hybridized carbons (Fsp3) is 0.111. The van der Waals surface area contributed by atoms with E-state index in [0.717, 1.165) is 0 Å². The summed E-state index contributed by atoms with van der Waals surface area (Å²) in [5.74, 6) is -0.542. The van der Waals surface area contributed by atoms with Crippen LogP contribution in [0.1, 0.15) is 11.3 Å². The average molecular weight is 162 g/mol. The minimum Gasteiger partial charge on any atom is -0.258 e. The summed E-state index contributed by atoms with van der Waals surface area (Å²) >= 11 is 0. The van der Waals surface area contributed by atoms with Gasteiger partial charge >= 0.3 is 0 Å². The molecule has 0 aliphatic carbocycles. The molecule has 0 atom stereocenters. The first-order valence-electron chi connectivity index (χ1n) is 3.44. The molecule has 0 bridgehead atoms. The molecule has 1 rings (SSSR count). The van der Waals surface area contributed by atoms with Crippen LogP contribution >= 0.6 is 0 Å². The lowest BCUT2D eigenvalue weighted by Crippen LogP contribution is -1.95. The van der Waals surface area contributed by atoms with Crippen molar-refractivity contribution in [3.05, 3.63) is 42.0 Å². The summed E-state index contributed by atoms with van der Waals surface area (Å²) in [5.41, 5.74) is 0.297. The van der Waals surface area contributed by atoms with Gasteiger partial charge in [0.2, 0.25) is 0 Å². The van der Waals surface area contributed by atoms with Crippen LogP contribution in [-0.2, 0) is 6.42 Å². The molecule has 3 heteroatoms. The zero-order valence-electron chi connectivity index (χ0n) is 6.42. The smallest absolute Gasteiger partial charge is 0.162 e. The van der Waals surface area contributed by atoms with Gasteiger partial charge in [-0.1, -0.05) is 6.08 Å². The largest absolute Gasteiger partial charge is 0.258 e. The van der Waals surface area contributed by atoms with Crippen molar-refractivity contribution in [2.45, 2.75) is 6.42 Å². The SMILES string of the molecule is C=CCc1nccc(C#N)c1F. The molecule has 0 saturated carbocycles. The van der Waals surface area contributed by atoms with Crippen molar-refractivity contribution >= 4 is 0 Å². The predicted molar refractivity (Wildman–Crippen MR) is 42.8 cm³/mol. The van der Waals surface area contributed by atoms with Gasteiger partial charge in [0.25, 0.3) is 0 Å². The molecule has 0 spiro atoms. The number of allylic oxidation sites excluding steroid dienone is 1. The zero-order valence-corrected chi connectivity index (χ0v) is 6.42. The van der Waals surface area contributed by atoms with Crippen LogP contribution in [0.5, 0.6) is 0 Å². The fourth-order valence-corrected chi connectivity index (χ4v) is 0.852. The number of nitriles is 1. The van der Waals surface area contributed by atoms with Gasteiger partial charge in [0, 0.05) is 12.6 Å². The van der Waals surface area contributed by atoms with Crippen LogP contribution < -0.4 is 0 Å². The van der Waals surface area contributed by atoms with Gasteiger partial charge in [-0.3, -0.25) is 4.98 Å². The average Bonchev–Trinajstić information content (AvgIpc) is 2.09. The maximum atomic E-state index is 13.1. The van der Waals surface area contributed by atoms with E-state index in [1.807, 2.05) is 0 Å². The van der Waals surface area contributed by atoms with Gasteiger partial charge < -0.3 is 0 Å². The monoisotopic (exact) mass is 162 g/mol. The number of pyridine rings is 1. The van der Waals surface area contributed by atoms with E-state index in [0.29, 0.717) is 6.42 Å². The Morgan fingerprint density at radius 1 is 1.75 bits per heavy atom. The lowest BCUT2D eigenvalue weighted by Gasteiger charge is -1.98. The lowest BCUT2D eigenvalue weighted by molar-refractivity contribution is 0.601. The molecule has 0 fully saturated rings. The van der Waals surface area contributed by atoms with Gasteiger partial charge in [-0.15, -0.1) is 6.58 Å². The van der Waals surface area contributed by atoms with E-state index in [-0.39, 0.29) is 11.3 Å². The fourth-order valence-electron chi connectivity index (χ4n) is 0.852. The molecule has 2 nitrogen and oxygen atoms in total. The molecular weight excluding hydrogens is 155 g/mol. The molecule has 0 amide bonds. The maximum absolute atomic E-state index is 13.1. The molecule has 0 radical (unpaired) electrons. The number of aromatic nitrogens is 1. The van der Waals surface area contributed by atoms with Crippen LogP contribution in [-0.4, -0.2) is 4.98 Å². The van der Waals surface area contributed by atoms with E-state index >= 15 is 0 Å². The second-order valence-corrected chi connectivity index (χ2v) is 2.22. The highest BCUT2D eigenvalue weighted by Crippen LogP contribution is 2.09. The summed E-state index contributed by atoms with van der Waals surface area (Å²) in [4.78, 5) is 3.78. The summed E-state index contributed by atoms with van der Waals surface area (Å²) < 4.78 is 13.1. The van der Waals surface area contributed by atoms with Crippen LogP contribution in [0.3, 0.4) is 0 Å². The van der Waals surface area contributed by atoms with Crippen LogP contribution in [0.15, 0.2) is 24.9 Å². The highest BCUT2D eigenvalue weighted by molar-refractivity contribution is 5.31. The summed E-state index contributed by atoms with van der Waals surface area (Å²) in [6.07, 6.45) is 3.31. The number of hydrogen-bond acceptors (Lipinski definition) is 2. The Hall–Kier alpha value is -1.69. The number of rotatable bonds is 2. The Morgan fingerprint density at radius 3 is 3.08 bits per heavy atom. The molecule has 0 saturated heterocycles. The lowest BCUT2D eigenvalue weighted by atomic mass is 10.2. The first-order valence-corrected chi connectivity index (χ1v) is 3.44. The number of halogens is 1. The van der Waals surface area contributed by atoms with Gasteiger partial charge in [-0.2, -0.15) is 5.26 Å². The van der Waals surface area contributed by atoms with Crippen molar-refractivity contribution in [1.29, 1.82) is 5.26 Å². The Labute approximate surface area is 70.0 Å². The molecule has 0 aliphatic rings. The van der Waals surface area contributed by atoms with Crippen LogP contribution in [0.25, 0.3) is 0 Å². The quantitative estimate of drug-likeness (QED) is 0.622. The van der Waals surface area contributed by atoms with Crippen molar-refractivity contribution in [3.8, 4) is 6.07 Å². The zero-order chi connectivity index (χ0) is 8.97. The van der Waals surface area contributed by atoms with E-state index in [4.69, 9.17) is 5.26 Å². The summed E-state index contributed by atoms with van der Waals surface area (Å²) in [6, 6.07) is 3.09. The van der Waals surface area contributed by atoms with Crippen molar-refractivity contribution in [2.75, 3.05) is 0 Å². The molecule has 1 heterocycles. The highest BCUT2D eigenvalue weighted by atomic mass is 19.1. The molecule has 0 aliphatic heterocycles. The third-order valence-corrected chi connectivity index (χ3v) is 1.42. The first-order chi connectivity index (χ1) is 5.79. The Kier molecular flexibility index (Phi) is 2.54. The molecule has 0 unspecified atom stereocenters. The summed E-state index contributed by atoms with van der Waals surface area (Å²) in [5, 5.41) is 8.47. The molecule has 60 valence electrons.